The molecule has 0 spiro atoms. The van der Waals surface area contributed by atoms with Crippen molar-refractivity contribution in [2.75, 3.05) is 19.8 Å². The highest BCUT2D eigenvalue weighted by atomic mass is 35.5. The van der Waals surface area contributed by atoms with E-state index in [0.29, 0.717) is 18.2 Å². The summed E-state index contributed by atoms with van der Waals surface area (Å²) in [6, 6.07) is 5.86. The molecule has 1 rings (SSSR count). The SMILES string of the molecule is CCOCCCOc1c(Cl)cccc1CC(C)N. The summed E-state index contributed by atoms with van der Waals surface area (Å²) >= 11 is 6.16. The minimum atomic E-state index is 0.0919. The summed E-state index contributed by atoms with van der Waals surface area (Å²) in [6.07, 6.45) is 1.62. The van der Waals surface area contributed by atoms with Crippen LogP contribution in [0.1, 0.15) is 25.8 Å². The van der Waals surface area contributed by atoms with Gasteiger partial charge in [-0.1, -0.05) is 23.7 Å². The first-order valence-electron chi connectivity index (χ1n) is 6.38. The first kappa shape index (κ1) is 15.3. The van der Waals surface area contributed by atoms with E-state index in [-0.39, 0.29) is 6.04 Å². The van der Waals surface area contributed by atoms with Crippen LogP contribution in [-0.4, -0.2) is 25.9 Å². The van der Waals surface area contributed by atoms with Crippen molar-refractivity contribution in [2.45, 2.75) is 32.7 Å². The minimum Gasteiger partial charge on any atom is -0.492 e. The third-order valence-electron chi connectivity index (χ3n) is 2.47. The molecule has 0 aliphatic heterocycles. The lowest BCUT2D eigenvalue weighted by molar-refractivity contribution is 0.130. The molecule has 3 nitrogen and oxygen atoms in total. The summed E-state index contributed by atoms with van der Waals surface area (Å²) in [5.41, 5.74) is 6.88. The van der Waals surface area contributed by atoms with Crippen molar-refractivity contribution in [1.29, 1.82) is 0 Å². The number of halogens is 1. The summed E-state index contributed by atoms with van der Waals surface area (Å²) in [7, 11) is 0. The summed E-state index contributed by atoms with van der Waals surface area (Å²) in [4.78, 5) is 0. The van der Waals surface area contributed by atoms with Gasteiger partial charge in [-0.2, -0.15) is 0 Å². The molecule has 1 aromatic carbocycles. The highest BCUT2D eigenvalue weighted by Gasteiger charge is 2.09. The van der Waals surface area contributed by atoms with Crippen molar-refractivity contribution in [3.8, 4) is 5.75 Å². The Morgan fingerprint density at radius 3 is 2.78 bits per heavy atom. The number of nitrogens with two attached hydrogens (primary N) is 1. The molecule has 0 amide bonds. The topological polar surface area (TPSA) is 44.5 Å². The minimum absolute atomic E-state index is 0.0919. The highest BCUT2D eigenvalue weighted by Crippen LogP contribution is 2.29. The Kier molecular flexibility index (Phi) is 7.09. The molecule has 0 aliphatic carbocycles. The van der Waals surface area contributed by atoms with Gasteiger partial charge in [0.25, 0.3) is 0 Å². The maximum absolute atomic E-state index is 6.16. The Morgan fingerprint density at radius 2 is 2.11 bits per heavy atom. The second-order valence-electron chi connectivity index (χ2n) is 4.31. The number of hydrogen-bond acceptors (Lipinski definition) is 3. The van der Waals surface area contributed by atoms with Crippen molar-refractivity contribution < 1.29 is 9.47 Å². The standard InChI is InChI=1S/C14H22ClNO2/c1-3-17-8-5-9-18-14-12(10-11(2)16)6-4-7-13(14)15/h4,6-7,11H,3,5,8-10,16H2,1-2H3. The van der Waals surface area contributed by atoms with Crippen LogP contribution < -0.4 is 10.5 Å². The summed E-state index contributed by atoms with van der Waals surface area (Å²) in [5, 5.41) is 0.643. The Morgan fingerprint density at radius 1 is 1.33 bits per heavy atom. The van der Waals surface area contributed by atoms with Crippen molar-refractivity contribution in [1.82, 2.24) is 0 Å². The largest absolute Gasteiger partial charge is 0.492 e. The molecule has 0 fully saturated rings. The molecule has 102 valence electrons. The van der Waals surface area contributed by atoms with Gasteiger partial charge in [-0.25, -0.2) is 0 Å². The van der Waals surface area contributed by atoms with Gasteiger partial charge in [0.05, 0.1) is 11.6 Å². The van der Waals surface area contributed by atoms with Gasteiger partial charge < -0.3 is 15.2 Å². The number of para-hydroxylation sites is 1. The molecular weight excluding hydrogens is 250 g/mol. The molecule has 0 saturated heterocycles. The zero-order chi connectivity index (χ0) is 13.4. The predicted octanol–water partition coefficient (Wildman–Crippen LogP) is 3.04. The van der Waals surface area contributed by atoms with E-state index >= 15 is 0 Å². The van der Waals surface area contributed by atoms with E-state index in [1.165, 1.54) is 0 Å². The quantitative estimate of drug-likeness (QED) is 0.739. The fraction of sp³-hybridized carbons (Fsp3) is 0.571. The van der Waals surface area contributed by atoms with Gasteiger partial charge >= 0.3 is 0 Å². The van der Waals surface area contributed by atoms with Crippen molar-refractivity contribution in [2.24, 2.45) is 5.73 Å². The van der Waals surface area contributed by atoms with E-state index in [1.54, 1.807) is 0 Å². The molecule has 2 N–H and O–H groups in total. The average molecular weight is 272 g/mol. The lowest BCUT2D eigenvalue weighted by Crippen LogP contribution is -2.18. The molecular formula is C14H22ClNO2. The van der Waals surface area contributed by atoms with Crippen LogP contribution in [0.2, 0.25) is 5.02 Å². The van der Waals surface area contributed by atoms with E-state index < -0.39 is 0 Å². The van der Waals surface area contributed by atoms with Gasteiger partial charge in [0, 0.05) is 25.7 Å². The molecule has 0 aromatic heterocycles. The molecule has 4 heteroatoms. The fourth-order valence-electron chi connectivity index (χ4n) is 1.70. The fourth-order valence-corrected chi connectivity index (χ4v) is 1.95. The average Bonchev–Trinajstić information content (AvgIpc) is 2.31. The van der Waals surface area contributed by atoms with E-state index in [1.807, 2.05) is 32.0 Å². The molecule has 18 heavy (non-hydrogen) atoms. The Bertz CT molecular complexity index is 356. The van der Waals surface area contributed by atoms with Crippen LogP contribution >= 0.6 is 11.6 Å². The molecule has 0 heterocycles. The van der Waals surface area contributed by atoms with E-state index in [2.05, 4.69) is 0 Å². The third kappa shape index (κ3) is 5.25. The Balaban J connectivity index is 2.56. The Labute approximate surface area is 114 Å². The van der Waals surface area contributed by atoms with Crippen LogP contribution in [0.5, 0.6) is 5.75 Å². The van der Waals surface area contributed by atoms with Gasteiger partial charge in [-0.3, -0.25) is 0 Å². The number of hydrogen-bond donors (Lipinski definition) is 1. The van der Waals surface area contributed by atoms with Crippen LogP contribution in [-0.2, 0) is 11.2 Å². The van der Waals surface area contributed by atoms with Gasteiger partial charge in [0.1, 0.15) is 5.75 Å². The van der Waals surface area contributed by atoms with Gasteiger partial charge in [-0.05, 0) is 31.9 Å². The van der Waals surface area contributed by atoms with Crippen LogP contribution in [0.15, 0.2) is 18.2 Å². The smallest absolute Gasteiger partial charge is 0.141 e. The zero-order valence-corrected chi connectivity index (χ0v) is 11.9. The molecule has 1 unspecified atom stereocenters. The van der Waals surface area contributed by atoms with Crippen LogP contribution in [0, 0.1) is 0 Å². The first-order chi connectivity index (χ1) is 8.65. The van der Waals surface area contributed by atoms with E-state index in [9.17, 15) is 0 Å². The number of benzene rings is 1. The Hall–Kier alpha value is -0.770. The van der Waals surface area contributed by atoms with Crippen LogP contribution in [0.3, 0.4) is 0 Å². The lowest BCUT2D eigenvalue weighted by Gasteiger charge is -2.14. The number of rotatable bonds is 8. The van der Waals surface area contributed by atoms with Gasteiger partial charge in [0.2, 0.25) is 0 Å². The molecule has 0 saturated carbocycles. The molecule has 0 radical (unpaired) electrons. The highest BCUT2D eigenvalue weighted by molar-refractivity contribution is 6.32. The monoisotopic (exact) mass is 271 g/mol. The summed E-state index contributed by atoms with van der Waals surface area (Å²) in [6.45, 7) is 6.01. The molecule has 1 aromatic rings. The van der Waals surface area contributed by atoms with Crippen molar-refractivity contribution >= 4 is 11.6 Å². The molecule has 0 aliphatic rings. The lowest BCUT2D eigenvalue weighted by atomic mass is 10.1. The molecule has 0 bridgehead atoms. The second kappa shape index (κ2) is 8.35. The number of ether oxygens (including phenoxy) is 2. The zero-order valence-electron chi connectivity index (χ0n) is 11.1. The summed E-state index contributed by atoms with van der Waals surface area (Å²) in [5.74, 6) is 0.757. The van der Waals surface area contributed by atoms with Gasteiger partial charge in [0.15, 0.2) is 0 Å². The normalized spacial score (nSPS) is 12.4. The summed E-state index contributed by atoms with van der Waals surface area (Å²) < 4.78 is 11.0. The molecule has 1 atom stereocenters. The van der Waals surface area contributed by atoms with E-state index in [0.717, 1.165) is 30.8 Å². The maximum Gasteiger partial charge on any atom is 0.141 e. The maximum atomic E-state index is 6.16. The van der Waals surface area contributed by atoms with Crippen molar-refractivity contribution in [3.05, 3.63) is 28.8 Å². The van der Waals surface area contributed by atoms with Crippen molar-refractivity contribution in [3.63, 3.8) is 0 Å². The van der Waals surface area contributed by atoms with Gasteiger partial charge in [-0.15, -0.1) is 0 Å². The first-order valence-corrected chi connectivity index (χ1v) is 6.76. The van der Waals surface area contributed by atoms with Crippen LogP contribution in [0.25, 0.3) is 0 Å². The second-order valence-corrected chi connectivity index (χ2v) is 4.72. The predicted molar refractivity (Wildman–Crippen MR) is 75.4 cm³/mol. The van der Waals surface area contributed by atoms with E-state index in [4.69, 9.17) is 26.8 Å². The van der Waals surface area contributed by atoms with Crippen LogP contribution in [0.4, 0.5) is 0 Å². The third-order valence-corrected chi connectivity index (χ3v) is 2.77.